The summed E-state index contributed by atoms with van der Waals surface area (Å²) in [7, 11) is -5.84. The summed E-state index contributed by atoms with van der Waals surface area (Å²) in [5.74, 6) is 0. The van der Waals surface area contributed by atoms with Crippen molar-refractivity contribution in [3.05, 3.63) is 12.3 Å². The maximum atomic E-state index is 12.0. The highest BCUT2D eigenvalue weighted by atomic mass is 32.2. The minimum atomic E-state index is -5.84. The van der Waals surface area contributed by atoms with Gasteiger partial charge >= 0.3 is 21.7 Å². The molecule has 0 fully saturated rings. The Kier molecular flexibility index (Phi) is 4.19. The molecule has 1 heterocycles. The molecule has 0 saturated carbocycles. The summed E-state index contributed by atoms with van der Waals surface area (Å²) in [6.07, 6.45) is -1.11. The van der Waals surface area contributed by atoms with Gasteiger partial charge in [-0.05, 0) is 6.08 Å². The van der Waals surface area contributed by atoms with E-state index in [2.05, 4.69) is 8.92 Å². The molecule has 18 heavy (non-hydrogen) atoms. The van der Waals surface area contributed by atoms with E-state index in [-0.39, 0.29) is 6.61 Å². The van der Waals surface area contributed by atoms with Gasteiger partial charge in [0, 0.05) is 6.20 Å². The maximum absolute atomic E-state index is 12.0. The first kappa shape index (κ1) is 14.7. The first-order valence-electron chi connectivity index (χ1n) is 4.41. The van der Waals surface area contributed by atoms with Gasteiger partial charge in [-0.25, -0.2) is 8.98 Å². The second kappa shape index (κ2) is 5.12. The van der Waals surface area contributed by atoms with E-state index in [9.17, 15) is 26.4 Å². The monoisotopic (exact) mass is 291 g/mol. The van der Waals surface area contributed by atoms with Gasteiger partial charge in [0.15, 0.2) is 6.29 Å². The Bertz CT molecular complexity index is 445. The number of rotatable bonds is 2. The summed E-state index contributed by atoms with van der Waals surface area (Å²) in [4.78, 5) is 11.2. The van der Waals surface area contributed by atoms with E-state index in [0.717, 1.165) is 6.20 Å². The summed E-state index contributed by atoms with van der Waals surface area (Å²) >= 11 is 0. The Hall–Kier alpha value is -1.33. The van der Waals surface area contributed by atoms with Gasteiger partial charge in [-0.3, -0.25) is 4.90 Å². The first-order valence-corrected chi connectivity index (χ1v) is 5.81. The van der Waals surface area contributed by atoms with Gasteiger partial charge in [-0.1, -0.05) is 0 Å². The SMILES string of the molecule is O=C(O)N1C=CCOC(OS(=O)(=O)C(F)(F)F)C1. The molecule has 0 bridgehead atoms. The zero-order valence-electron chi connectivity index (χ0n) is 8.62. The summed E-state index contributed by atoms with van der Waals surface area (Å²) in [6, 6.07) is 0. The number of hydrogen-bond donors (Lipinski definition) is 1. The van der Waals surface area contributed by atoms with Crippen LogP contribution in [0.3, 0.4) is 0 Å². The lowest BCUT2D eigenvalue weighted by Crippen LogP contribution is -2.38. The third-order valence-electron chi connectivity index (χ3n) is 1.77. The summed E-state index contributed by atoms with van der Waals surface area (Å²) < 4.78 is 65.9. The topological polar surface area (TPSA) is 93.1 Å². The minimum absolute atomic E-state index is 0.276. The summed E-state index contributed by atoms with van der Waals surface area (Å²) in [6.45, 7) is -0.969. The van der Waals surface area contributed by atoms with Gasteiger partial charge in [0.05, 0.1) is 13.2 Å². The summed E-state index contributed by atoms with van der Waals surface area (Å²) in [5.41, 5.74) is -5.59. The molecule has 0 aromatic rings. The molecular formula is C7H8F3NO6S. The Balaban J connectivity index is 2.77. The number of amides is 1. The van der Waals surface area contributed by atoms with Crippen LogP contribution in [0.15, 0.2) is 12.3 Å². The molecule has 104 valence electrons. The van der Waals surface area contributed by atoms with Crippen LogP contribution in [0, 0.1) is 0 Å². The van der Waals surface area contributed by atoms with Crippen molar-refractivity contribution in [3.63, 3.8) is 0 Å². The molecule has 0 radical (unpaired) electrons. The third-order valence-corrected chi connectivity index (χ3v) is 2.81. The van der Waals surface area contributed by atoms with Gasteiger partial charge in [-0.15, -0.1) is 0 Å². The van der Waals surface area contributed by atoms with Crippen molar-refractivity contribution in [1.29, 1.82) is 0 Å². The number of ether oxygens (including phenoxy) is 1. The average Bonchev–Trinajstić information content (AvgIpc) is 2.40. The second-order valence-corrected chi connectivity index (χ2v) is 4.64. The quantitative estimate of drug-likeness (QED) is 0.594. The molecular weight excluding hydrogens is 283 g/mol. The van der Waals surface area contributed by atoms with Crippen molar-refractivity contribution in [3.8, 4) is 0 Å². The van der Waals surface area contributed by atoms with Crippen molar-refractivity contribution in [1.82, 2.24) is 4.90 Å². The highest BCUT2D eigenvalue weighted by Crippen LogP contribution is 2.26. The molecule has 1 aliphatic rings. The highest BCUT2D eigenvalue weighted by molar-refractivity contribution is 7.87. The highest BCUT2D eigenvalue weighted by Gasteiger charge is 2.49. The molecule has 1 N–H and O–H groups in total. The molecule has 0 spiro atoms. The van der Waals surface area contributed by atoms with Crippen LogP contribution in [0.4, 0.5) is 18.0 Å². The predicted molar refractivity (Wildman–Crippen MR) is 49.7 cm³/mol. The van der Waals surface area contributed by atoms with Crippen LogP contribution in [-0.2, 0) is 19.0 Å². The van der Waals surface area contributed by atoms with Crippen molar-refractivity contribution in [2.45, 2.75) is 11.8 Å². The molecule has 7 nitrogen and oxygen atoms in total. The zero-order chi connectivity index (χ0) is 14.0. The van der Waals surface area contributed by atoms with Crippen molar-refractivity contribution in [2.75, 3.05) is 13.2 Å². The van der Waals surface area contributed by atoms with Crippen LogP contribution in [-0.4, -0.2) is 49.5 Å². The van der Waals surface area contributed by atoms with Crippen molar-refractivity contribution < 1.29 is 40.4 Å². The van der Waals surface area contributed by atoms with Gasteiger partial charge in [0.1, 0.15) is 0 Å². The fraction of sp³-hybridized carbons (Fsp3) is 0.571. The van der Waals surface area contributed by atoms with Crippen LogP contribution in [0.25, 0.3) is 0 Å². The average molecular weight is 291 g/mol. The van der Waals surface area contributed by atoms with Crippen molar-refractivity contribution >= 4 is 16.2 Å². The van der Waals surface area contributed by atoms with Crippen LogP contribution in [0.5, 0.6) is 0 Å². The Morgan fingerprint density at radius 3 is 2.61 bits per heavy atom. The van der Waals surface area contributed by atoms with Gasteiger partial charge in [0.25, 0.3) is 0 Å². The fourth-order valence-electron chi connectivity index (χ4n) is 1.00. The van der Waals surface area contributed by atoms with Crippen LogP contribution >= 0.6 is 0 Å². The number of carboxylic acid groups (broad SMARTS) is 1. The molecule has 11 heteroatoms. The van der Waals surface area contributed by atoms with E-state index < -0.39 is 34.6 Å². The molecule has 0 aliphatic carbocycles. The number of alkyl halides is 3. The number of hydrogen-bond acceptors (Lipinski definition) is 5. The largest absolute Gasteiger partial charge is 0.523 e. The molecule has 0 aromatic heterocycles. The van der Waals surface area contributed by atoms with E-state index in [0.29, 0.717) is 4.90 Å². The van der Waals surface area contributed by atoms with Crippen LogP contribution in [0.1, 0.15) is 0 Å². The van der Waals surface area contributed by atoms with E-state index in [1.165, 1.54) is 6.08 Å². The molecule has 1 atom stereocenters. The van der Waals surface area contributed by atoms with E-state index in [1.54, 1.807) is 0 Å². The lowest BCUT2D eigenvalue weighted by molar-refractivity contribution is -0.0995. The number of nitrogens with zero attached hydrogens (tertiary/aromatic N) is 1. The van der Waals surface area contributed by atoms with Crippen molar-refractivity contribution in [2.24, 2.45) is 0 Å². The van der Waals surface area contributed by atoms with Gasteiger partial charge in [-0.2, -0.15) is 21.6 Å². The van der Waals surface area contributed by atoms with Crippen LogP contribution < -0.4 is 0 Å². The minimum Gasteiger partial charge on any atom is -0.465 e. The van der Waals surface area contributed by atoms with Gasteiger partial charge in [0.2, 0.25) is 0 Å². The van der Waals surface area contributed by atoms with Gasteiger partial charge < -0.3 is 9.84 Å². The molecule has 1 aliphatic heterocycles. The maximum Gasteiger partial charge on any atom is 0.523 e. The Labute approximate surface area is 99.5 Å². The van der Waals surface area contributed by atoms with E-state index in [1.807, 2.05) is 0 Å². The Morgan fingerprint density at radius 2 is 2.11 bits per heavy atom. The lowest BCUT2D eigenvalue weighted by Gasteiger charge is -2.20. The molecule has 1 rings (SSSR count). The van der Waals surface area contributed by atoms with E-state index >= 15 is 0 Å². The van der Waals surface area contributed by atoms with Crippen LogP contribution in [0.2, 0.25) is 0 Å². The normalized spacial score (nSPS) is 21.7. The first-order chi connectivity index (χ1) is 8.13. The van der Waals surface area contributed by atoms with E-state index in [4.69, 9.17) is 5.11 Å². The standard InChI is InChI=1S/C7H8F3NO6S/c8-7(9,10)18(14,15)17-5-4-11(6(12)13)2-1-3-16-5/h1-2,5H,3-4H2,(H,12,13). The molecule has 1 amide bonds. The lowest BCUT2D eigenvalue weighted by atomic mass is 10.5. The Morgan fingerprint density at radius 1 is 1.50 bits per heavy atom. The second-order valence-electron chi connectivity index (χ2n) is 3.08. The fourth-order valence-corrected chi connectivity index (χ4v) is 1.51. The predicted octanol–water partition coefficient (Wildman–Crippen LogP) is 0.703. The molecule has 0 aromatic carbocycles. The summed E-state index contributed by atoms with van der Waals surface area (Å²) in [5, 5.41) is 8.63. The smallest absolute Gasteiger partial charge is 0.465 e. The third kappa shape index (κ3) is 3.58. The number of carbonyl (C=O) groups is 1. The number of halogens is 3. The molecule has 0 saturated heterocycles. The zero-order valence-corrected chi connectivity index (χ0v) is 9.44. The molecule has 1 unspecified atom stereocenters.